The molecule has 0 saturated carbocycles. The predicted molar refractivity (Wildman–Crippen MR) is 73.5 cm³/mol. The summed E-state index contributed by atoms with van der Waals surface area (Å²) in [7, 11) is 1.83. The second kappa shape index (κ2) is 5.54. The summed E-state index contributed by atoms with van der Waals surface area (Å²) in [6, 6.07) is 7.10. The van der Waals surface area contributed by atoms with Gasteiger partial charge >= 0.3 is 0 Å². The summed E-state index contributed by atoms with van der Waals surface area (Å²) in [6.07, 6.45) is 1.69. The van der Waals surface area contributed by atoms with E-state index in [4.69, 9.17) is 11.6 Å². The number of halogens is 2. The quantitative estimate of drug-likeness (QED) is 0.942. The molecule has 1 amide bonds. The van der Waals surface area contributed by atoms with Crippen molar-refractivity contribution in [1.82, 2.24) is 15.1 Å². The summed E-state index contributed by atoms with van der Waals surface area (Å²) in [5, 5.41) is 7.25. The lowest BCUT2D eigenvalue weighted by Gasteiger charge is -2.07. The molecule has 1 aromatic heterocycles. The highest BCUT2D eigenvalue weighted by Crippen LogP contribution is 2.25. The van der Waals surface area contributed by atoms with Gasteiger partial charge in [0, 0.05) is 17.7 Å². The van der Waals surface area contributed by atoms with Crippen LogP contribution in [0.3, 0.4) is 0 Å². The molecule has 0 atom stereocenters. The van der Waals surface area contributed by atoms with Crippen molar-refractivity contribution in [1.29, 1.82) is 0 Å². The minimum atomic E-state index is -0.206. The van der Waals surface area contributed by atoms with Gasteiger partial charge in [0.25, 0.3) is 5.91 Å². The largest absolute Gasteiger partial charge is 0.346 e. The van der Waals surface area contributed by atoms with E-state index in [-0.39, 0.29) is 5.91 Å². The van der Waals surface area contributed by atoms with E-state index >= 15 is 0 Å². The van der Waals surface area contributed by atoms with E-state index in [0.29, 0.717) is 21.6 Å². The van der Waals surface area contributed by atoms with Crippen LogP contribution < -0.4 is 5.32 Å². The Hall–Kier alpha value is -1.33. The minimum Gasteiger partial charge on any atom is -0.346 e. The van der Waals surface area contributed by atoms with Crippen LogP contribution in [0.4, 0.5) is 0 Å². The second-order valence-corrected chi connectivity index (χ2v) is 4.96. The summed E-state index contributed by atoms with van der Waals surface area (Å²) in [5.74, 6) is -0.206. The van der Waals surface area contributed by atoms with Gasteiger partial charge < -0.3 is 5.32 Å². The normalized spacial score (nSPS) is 10.4. The monoisotopic (exact) mass is 327 g/mol. The van der Waals surface area contributed by atoms with Gasteiger partial charge in [-0.05, 0) is 34.1 Å². The maximum absolute atomic E-state index is 12.0. The van der Waals surface area contributed by atoms with E-state index in [1.807, 2.05) is 13.1 Å². The highest BCUT2D eigenvalue weighted by molar-refractivity contribution is 9.10. The van der Waals surface area contributed by atoms with Crippen LogP contribution in [0.15, 0.2) is 34.9 Å². The van der Waals surface area contributed by atoms with Gasteiger partial charge in [0.1, 0.15) is 0 Å². The third-order valence-corrected chi connectivity index (χ3v) is 3.85. The Balaban J connectivity index is 2.09. The molecule has 94 valence electrons. The standard InChI is InChI=1S/C12H11BrClN3O/c1-17-8(5-6-16-17)7-15-12(18)9-3-2-4-10(13)11(9)14/h2-6H,7H2,1H3,(H,15,18). The summed E-state index contributed by atoms with van der Waals surface area (Å²) in [6.45, 7) is 0.415. The maximum atomic E-state index is 12.0. The van der Waals surface area contributed by atoms with Crippen molar-refractivity contribution in [2.45, 2.75) is 6.54 Å². The first-order valence-electron chi connectivity index (χ1n) is 5.28. The van der Waals surface area contributed by atoms with E-state index in [0.717, 1.165) is 5.69 Å². The number of carbonyl (C=O) groups excluding carboxylic acids is 1. The van der Waals surface area contributed by atoms with Crippen LogP contribution in [0.1, 0.15) is 16.1 Å². The van der Waals surface area contributed by atoms with Crippen molar-refractivity contribution in [2.24, 2.45) is 7.05 Å². The first-order chi connectivity index (χ1) is 8.59. The number of amides is 1. The van der Waals surface area contributed by atoms with Crippen molar-refractivity contribution in [3.05, 3.63) is 51.2 Å². The van der Waals surface area contributed by atoms with Crippen LogP contribution in [-0.2, 0) is 13.6 Å². The first kappa shape index (κ1) is 13.1. The minimum absolute atomic E-state index is 0.206. The van der Waals surface area contributed by atoms with Crippen molar-refractivity contribution >= 4 is 33.4 Å². The lowest BCUT2D eigenvalue weighted by Crippen LogP contribution is -2.24. The van der Waals surface area contributed by atoms with E-state index in [1.165, 1.54) is 0 Å². The summed E-state index contributed by atoms with van der Waals surface area (Å²) < 4.78 is 2.42. The molecule has 0 spiro atoms. The third-order valence-electron chi connectivity index (χ3n) is 2.55. The molecule has 0 radical (unpaired) electrons. The topological polar surface area (TPSA) is 46.9 Å². The molecule has 4 nitrogen and oxygen atoms in total. The molecule has 0 saturated heterocycles. The Morgan fingerprint density at radius 3 is 2.94 bits per heavy atom. The van der Waals surface area contributed by atoms with Gasteiger partial charge in [-0.2, -0.15) is 5.10 Å². The maximum Gasteiger partial charge on any atom is 0.253 e. The van der Waals surface area contributed by atoms with Gasteiger partial charge in [0.15, 0.2) is 0 Å². The van der Waals surface area contributed by atoms with Gasteiger partial charge in [-0.25, -0.2) is 0 Å². The highest BCUT2D eigenvalue weighted by Gasteiger charge is 2.12. The fourth-order valence-electron chi connectivity index (χ4n) is 1.52. The highest BCUT2D eigenvalue weighted by atomic mass is 79.9. The van der Waals surface area contributed by atoms with Gasteiger partial charge in [-0.3, -0.25) is 9.48 Å². The fourth-order valence-corrected chi connectivity index (χ4v) is 2.10. The van der Waals surface area contributed by atoms with Crippen LogP contribution in [0, 0.1) is 0 Å². The fraction of sp³-hybridized carbons (Fsp3) is 0.167. The lowest BCUT2D eigenvalue weighted by atomic mass is 10.2. The molecule has 2 rings (SSSR count). The predicted octanol–water partition coefficient (Wildman–Crippen LogP) is 2.77. The summed E-state index contributed by atoms with van der Waals surface area (Å²) in [4.78, 5) is 12.0. The number of aryl methyl sites for hydroxylation is 1. The average Bonchev–Trinajstić information content (AvgIpc) is 2.75. The molecule has 6 heteroatoms. The Morgan fingerprint density at radius 2 is 2.28 bits per heavy atom. The molecule has 0 bridgehead atoms. The Bertz CT molecular complexity index is 582. The summed E-state index contributed by atoms with van der Waals surface area (Å²) >= 11 is 9.34. The zero-order chi connectivity index (χ0) is 13.1. The molecule has 1 N–H and O–H groups in total. The molecule has 1 aromatic carbocycles. The van der Waals surface area contributed by atoms with Crippen molar-refractivity contribution in [3.8, 4) is 0 Å². The Morgan fingerprint density at radius 1 is 1.50 bits per heavy atom. The van der Waals surface area contributed by atoms with Crippen LogP contribution in [0.25, 0.3) is 0 Å². The molecular formula is C12H11BrClN3O. The summed E-state index contributed by atoms with van der Waals surface area (Å²) in [5.41, 5.74) is 1.38. The van der Waals surface area contributed by atoms with Crippen LogP contribution in [0.2, 0.25) is 5.02 Å². The molecule has 0 aliphatic rings. The second-order valence-electron chi connectivity index (χ2n) is 3.73. The smallest absolute Gasteiger partial charge is 0.253 e. The van der Waals surface area contributed by atoms with Crippen LogP contribution >= 0.6 is 27.5 Å². The number of nitrogens with one attached hydrogen (secondary N) is 1. The van der Waals surface area contributed by atoms with E-state index in [1.54, 1.807) is 29.1 Å². The average molecular weight is 329 g/mol. The van der Waals surface area contributed by atoms with Gasteiger partial charge in [-0.15, -0.1) is 0 Å². The van der Waals surface area contributed by atoms with Crippen molar-refractivity contribution < 1.29 is 4.79 Å². The molecule has 0 aliphatic heterocycles. The molecule has 0 fully saturated rings. The first-order valence-corrected chi connectivity index (χ1v) is 6.46. The lowest BCUT2D eigenvalue weighted by molar-refractivity contribution is 0.0950. The number of hydrogen-bond acceptors (Lipinski definition) is 2. The molecule has 18 heavy (non-hydrogen) atoms. The number of benzene rings is 1. The van der Waals surface area contributed by atoms with Crippen molar-refractivity contribution in [2.75, 3.05) is 0 Å². The number of carbonyl (C=O) groups is 1. The molecule has 1 heterocycles. The SMILES string of the molecule is Cn1nccc1CNC(=O)c1cccc(Br)c1Cl. The number of nitrogens with zero attached hydrogens (tertiary/aromatic N) is 2. The zero-order valence-corrected chi connectivity index (χ0v) is 12.0. The Labute approximate surface area is 118 Å². The van der Waals surface area contributed by atoms with E-state index in [9.17, 15) is 4.79 Å². The van der Waals surface area contributed by atoms with E-state index in [2.05, 4.69) is 26.3 Å². The molecule has 0 aliphatic carbocycles. The van der Waals surface area contributed by atoms with Crippen LogP contribution in [-0.4, -0.2) is 15.7 Å². The van der Waals surface area contributed by atoms with E-state index < -0.39 is 0 Å². The van der Waals surface area contributed by atoms with Crippen LogP contribution in [0.5, 0.6) is 0 Å². The van der Waals surface area contributed by atoms with Gasteiger partial charge in [-0.1, -0.05) is 17.7 Å². The zero-order valence-electron chi connectivity index (χ0n) is 9.65. The number of hydrogen-bond donors (Lipinski definition) is 1. The molecular weight excluding hydrogens is 318 g/mol. The molecule has 0 unspecified atom stereocenters. The third kappa shape index (κ3) is 2.73. The number of aromatic nitrogens is 2. The van der Waals surface area contributed by atoms with Gasteiger partial charge in [0.2, 0.25) is 0 Å². The van der Waals surface area contributed by atoms with Gasteiger partial charge in [0.05, 0.1) is 22.8 Å². The van der Waals surface area contributed by atoms with Crippen molar-refractivity contribution in [3.63, 3.8) is 0 Å². The number of rotatable bonds is 3. The molecule has 2 aromatic rings. The Kier molecular flexibility index (Phi) is 4.04.